The molecular formula is C19H22Cl2O2. The van der Waals surface area contributed by atoms with Crippen LogP contribution in [-0.4, -0.2) is 6.61 Å². The first-order valence-electron chi connectivity index (χ1n) is 7.64. The van der Waals surface area contributed by atoms with Gasteiger partial charge in [-0.15, -0.1) is 0 Å². The summed E-state index contributed by atoms with van der Waals surface area (Å²) in [6.07, 6.45) is 0.923. The van der Waals surface area contributed by atoms with Crippen molar-refractivity contribution in [3.63, 3.8) is 0 Å². The van der Waals surface area contributed by atoms with Crippen molar-refractivity contribution in [3.8, 4) is 11.5 Å². The third-order valence-electron chi connectivity index (χ3n) is 3.32. The molecule has 0 aliphatic carbocycles. The molecule has 124 valence electrons. The van der Waals surface area contributed by atoms with Crippen molar-refractivity contribution in [3.05, 3.63) is 58.1 Å². The Morgan fingerprint density at radius 2 is 1.52 bits per heavy atom. The highest BCUT2D eigenvalue weighted by Gasteiger charge is 2.14. The van der Waals surface area contributed by atoms with Gasteiger partial charge in [-0.3, -0.25) is 0 Å². The van der Waals surface area contributed by atoms with Crippen LogP contribution in [0.3, 0.4) is 0 Å². The van der Waals surface area contributed by atoms with Gasteiger partial charge in [-0.25, -0.2) is 0 Å². The van der Waals surface area contributed by atoms with Gasteiger partial charge in [-0.1, -0.05) is 74.3 Å². The van der Waals surface area contributed by atoms with Crippen LogP contribution in [0.5, 0.6) is 11.5 Å². The fourth-order valence-corrected chi connectivity index (χ4v) is 2.53. The standard InChI is InChI=1S/C19H22Cl2O2/c1-19(2,3)9-10-22-18-16(20)11-15(12-17(18)21)23-13-14-7-5-4-6-8-14/h4-8,11-12H,9-10,13H2,1-3H3. The largest absolute Gasteiger partial charge is 0.490 e. The highest BCUT2D eigenvalue weighted by atomic mass is 35.5. The molecule has 0 saturated carbocycles. The van der Waals surface area contributed by atoms with Crippen LogP contribution in [0.15, 0.2) is 42.5 Å². The van der Waals surface area contributed by atoms with Crippen molar-refractivity contribution < 1.29 is 9.47 Å². The molecule has 0 N–H and O–H groups in total. The van der Waals surface area contributed by atoms with Crippen LogP contribution in [0.25, 0.3) is 0 Å². The molecule has 2 aromatic carbocycles. The van der Waals surface area contributed by atoms with Crippen LogP contribution in [0.1, 0.15) is 32.8 Å². The highest BCUT2D eigenvalue weighted by molar-refractivity contribution is 6.37. The summed E-state index contributed by atoms with van der Waals surface area (Å²) >= 11 is 12.6. The lowest BCUT2D eigenvalue weighted by atomic mass is 9.93. The van der Waals surface area contributed by atoms with Crippen molar-refractivity contribution in [1.82, 2.24) is 0 Å². The number of benzene rings is 2. The Kier molecular flexibility index (Phi) is 6.20. The summed E-state index contributed by atoms with van der Waals surface area (Å²) in [5.74, 6) is 1.15. The van der Waals surface area contributed by atoms with E-state index in [0.717, 1.165) is 12.0 Å². The van der Waals surface area contributed by atoms with E-state index in [4.69, 9.17) is 32.7 Å². The van der Waals surface area contributed by atoms with E-state index in [1.807, 2.05) is 30.3 Å². The Hall–Kier alpha value is -1.38. The van der Waals surface area contributed by atoms with Crippen molar-refractivity contribution >= 4 is 23.2 Å². The molecule has 0 amide bonds. The van der Waals surface area contributed by atoms with E-state index in [1.165, 1.54) is 0 Å². The van der Waals surface area contributed by atoms with Crippen LogP contribution < -0.4 is 9.47 Å². The third-order valence-corrected chi connectivity index (χ3v) is 3.88. The Morgan fingerprint density at radius 1 is 0.913 bits per heavy atom. The van der Waals surface area contributed by atoms with Gasteiger partial charge in [0.1, 0.15) is 12.4 Å². The highest BCUT2D eigenvalue weighted by Crippen LogP contribution is 2.37. The molecule has 0 aliphatic heterocycles. The fraction of sp³-hybridized carbons (Fsp3) is 0.368. The van der Waals surface area contributed by atoms with Crippen molar-refractivity contribution in [2.24, 2.45) is 5.41 Å². The number of hydrogen-bond donors (Lipinski definition) is 0. The van der Waals surface area contributed by atoms with Crippen LogP contribution >= 0.6 is 23.2 Å². The number of hydrogen-bond acceptors (Lipinski definition) is 2. The molecule has 0 atom stereocenters. The van der Waals surface area contributed by atoms with E-state index in [2.05, 4.69) is 20.8 Å². The summed E-state index contributed by atoms with van der Waals surface area (Å²) in [7, 11) is 0. The minimum absolute atomic E-state index is 0.206. The minimum Gasteiger partial charge on any atom is -0.490 e. The Balaban J connectivity index is 1.99. The van der Waals surface area contributed by atoms with Crippen LogP contribution in [-0.2, 0) is 6.61 Å². The molecule has 2 rings (SSSR count). The van der Waals surface area contributed by atoms with Gasteiger partial charge in [0.2, 0.25) is 0 Å². The predicted molar refractivity (Wildman–Crippen MR) is 96.8 cm³/mol. The minimum atomic E-state index is 0.206. The molecule has 0 aliphatic rings. The Morgan fingerprint density at radius 3 is 2.09 bits per heavy atom. The maximum Gasteiger partial charge on any atom is 0.156 e. The molecular weight excluding hydrogens is 331 g/mol. The van der Waals surface area contributed by atoms with E-state index in [1.54, 1.807) is 12.1 Å². The van der Waals surface area contributed by atoms with E-state index in [-0.39, 0.29) is 5.41 Å². The third kappa shape index (κ3) is 5.96. The lowest BCUT2D eigenvalue weighted by molar-refractivity contribution is 0.242. The average Bonchev–Trinajstić information content (AvgIpc) is 2.48. The zero-order chi connectivity index (χ0) is 16.9. The van der Waals surface area contributed by atoms with E-state index < -0.39 is 0 Å². The lowest BCUT2D eigenvalue weighted by Crippen LogP contribution is -2.11. The summed E-state index contributed by atoms with van der Waals surface area (Å²) in [5, 5.41) is 0.934. The molecule has 0 heterocycles. The van der Waals surface area contributed by atoms with E-state index in [9.17, 15) is 0 Å². The van der Waals surface area contributed by atoms with Crippen LogP contribution in [0.2, 0.25) is 10.0 Å². The van der Waals surface area contributed by atoms with Gasteiger partial charge in [0, 0.05) is 12.1 Å². The second kappa shape index (κ2) is 7.94. The first kappa shape index (κ1) is 18.0. The predicted octanol–water partition coefficient (Wildman–Crippen LogP) is 6.39. The quantitative estimate of drug-likeness (QED) is 0.599. The molecule has 0 spiro atoms. The summed E-state index contributed by atoms with van der Waals surface area (Å²) in [4.78, 5) is 0. The Bertz CT molecular complexity index is 611. The van der Waals surface area contributed by atoms with Crippen LogP contribution in [0, 0.1) is 5.41 Å². The van der Waals surface area contributed by atoms with Gasteiger partial charge >= 0.3 is 0 Å². The topological polar surface area (TPSA) is 18.5 Å². The van der Waals surface area contributed by atoms with Gasteiger partial charge in [0.25, 0.3) is 0 Å². The second-order valence-corrected chi connectivity index (χ2v) is 7.46. The van der Waals surface area contributed by atoms with Crippen molar-refractivity contribution in [2.75, 3.05) is 6.61 Å². The molecule has 23 heavy (non-hydrogen) atoms. The lowest BCUT2D eigenvalue weighted by Gasteiger charge is -2.19. The van der Waals surface area contributed by atoms with E-state index >= 15 is 0 Å². The summed E-state index contributed by atoms with van der Waals surface area (Å²) < 4.78 is 11.5. The first-order valence-corrected chi connectivity index (χ1v) is 8.39. The number of ether oxygens (including phenoxy) is 2. The first-order chi connectivity index (χ1) is 10.8. The molecule has 0 fully saturated rings. The maximum absolute atomic E-state index is 6.28. The van der Waals surface area contributed by atoms with Gasteiger partial charge in [-0.05, 0) is 17.4 Å². The molecule has 4 heteroatoms. The monoisotopic (exact) mass is 352 g/mol. The van der Waals surface area contributed by atoms with Gasteiger partial charge in [0.15, 0.2) is 5.75 Å². The SMILES string of the molecule is CC(C)(C)CCOc1c(Cl)cc(OCc2ccccc2)cc1Cl. The fourth-order valence-electron chi connectivity index (χ4n) is 1.96. The van der Waals surface area contributed by atoms with Gasteiger partial charge < -0.3 is 9.47 Å². The molecule has 0 aromatic heterocycles. The van der Waals surface area contributed by atoms with Crippen molar-refractivity contribution in [1.29, 1.82) is 0 Å². The maximum atomic E-state index is 6.28. The average molecular weight is 353 g/mol. The second-order valence-electron chi connectivity index (χ2n) is 6.65. The summed E-state index contributed by atoms with van der Waals surface area (Å²) in [5.41, 5.74) is 1.29. The van der Waals surface area contributed by atoms with Crippen LogP contribution in [0.4, 0.5) is 0 Å². The number of halogens is 2. The summed E-state index contributed by atoms with van der Waals surface area (Å²) in [6, 6.07) is 13.4. The zero-order valence-electron chi connectivity index (χ0n) is 13.7. The van der Waals surface area contributed by atoms with Gasteiger partial charge in [-0.2, -0.15) is 0 Å². The van der Waals surface area contributed by atoms with E-state index in [0.29, 0.717) is 34.8 Å². The smallest absolute Gasteiger partial charge is 0.156 e. The molecule has 2 aromatic rings. The summed E-state index contributed by atoms with van der Waals surface area (Å²) in [6.45, 7) is 7.55. The van der Waals surface area contributed by atoms with Gasteiger partial charge in [0.05, 0.1) is 16.7 Å². The normalized spacial score (nSPS) is 11.3. The molecule has 0 radical (unpaired) electrons. The molecule has 0 saturated heterocycles. The molecule has 0 bridgehead atoms. The zero-order valence-corrected chi connectivity index (χ0v) is 15.2. The Labute approximate surface area is 148 Å². The van der Waals surface area contributed by atoms with Crippen molar-refractivity contribution in [2.45, 2.75) is 33.8 Å². The molecule has 2 nitrogen and oxygen atoms in total. The molecule has 0 unspecified atom stereocenters. The number of rotatable bonds is 6.